The molecule has 0 unspecified atom stereocenters. The Balaban J connectivity index is 1.71. The van der Waals surface area contributed by atoms with E-state index in [0.717, 1.165) is 24.8 Å². The average molecular weight is 348 g/mol. The van der Waals surface area contributed by atoms with Crippen molar-refractivity contribution < 1.29 is 19.5 Å². The van der Waals surface area contributed by atoms with Gasteiger partial charge in [0.05, 0.1) is 6.61 Å². The molecule has 1 aliphatic rings. The predicted molar refractivity (Wildman–Crippen MR) is 95.9 cm³/mol. The molecule has 1 heterocycles. The van der Waals surface area contributed by atoms with E-state index in [1.807, 2.05) is 51.1 Å². The minimum Gasteiger partial charge on any atom is -0.475 e. The van der Waals surface area contributed by atoms with Gasteiger partial charge in [-0.3, -0.25) is 0 Å². The summed E-state index contributed by atoms with van der Waals surface area (Å²) in [5.74, 6) is 0.737. The third-order valence-electron chi connectivity index (χ3n) is 4.14. The zero-order valence-corrected chi connectivity index (χ0v) is 15.3. The number of carbonyl (C=O) groups is 1. The zero-order valence-electron chi connectivity index (χ0n) is 15.3. The molecule has 1 amide bonds. The van der Waals surface area contributed by atoms with Gasteiger partial charge in [-0.05, 0) is 63.2 Å². The maximum atomic E-state index is 12.1. The fraction of sp³-hybridized carbons (Fsp3) is 0.579. The first-order valence-electron chi connectivity index (χ1n) is 8.77. The van der Waals surface area contributed by atoms with Gasteiger partial charge < -0.3 is 19.6 Å². The number of hydrogen-bond donors (Lipinski definition) is 1. The SMILES string of the molecule is CC(C)(C)OC(=O)N1CCC(CCOC(=NO)c2ccccc2)CC1. The first-order chi connectivity index (χ1) is 11.9. The van der Waals surface area contributed by atoms with Crippen LogP contribution < -0.4 is 0 Å². The highest BCUT2D eigenvalue weighted by molar-refractivity contribution is 5.93. The van der Waals surface area contributed by atoms with Gasteiger partial charge in [0, 0.05) is 18.7 Å². The van der Waals surface area contributed by atoms with Crippen LogP contribution >= 0.6 is 0 Å². The lowest BCUT2D eigenvalue weighted by molar-refractivity contribution is 0.0176. The Hall–Kier alpha value is -2.24. The van der Waals surface area contributed by atoms with E-state index in [0.29, 0.717) is 25.6 Å². The monoisotopic (exact) mass is 348 g/mol. The van der Waals surface area contributed by atoms with Crippen molar-refractivity contribution in [2.45, 2.75) is 45.6 Å². The van der Waals surface area contributed by atoms with Gasteiger partial charge in [0.2, 0.25) is 0 Å². The molecule has 138 valence electrons. The van der Waals surface area contributed by atoms with Crippen molar-refractivity contribution >= 4 is 12.0 Å². The summed E-state index contributed by atoms with van der Waals surface area (Å²) in [5, 5.41) is 12.3. The maximum absolute atomic E-state index is 12.1. The second-order valence-electron chi connectivity index (χ2n) is 7.32. The van der Waals surface area contributed by atoms with Crippen LogP contribution in [-0.4, -0.2) is 47.4 Å². The summed E-state index contributed by atoms with van der Waals surface area (Å²) < 4.78 is 11.0. The van der Waals surface area contributed by atoms with Crippen LogP contribution in [-0.2, 0) is 9.47 Å². The molecule has 1 N–H and O–H groups in total. The van der Waals surface area contributed by atoms with Crippen molar-refractivity contribution in [1.82, 2.24) is 4.90 Å². The van der Waals surface area contributed by atoms with Gasteiger partial charge in [0.25, 0.3) is 5.90 Å². The second kappa shape index (κ2) is 8.74. The van der Waals surface area contributed by atoms with Crippen molar-refractivity contribution in [1.29, 1.82) is 0 Å². The minimum atomic E-state index is -0.459. The molecule has 0 spiro atoms. The Labute approximate surface area is 149 Å². The van der Waals surface area contributed by atoms with Crippen LogP contribution in [0, 0.1) is 5.92 Å². The number of benzene rings is 1. The number of nitrogens with zero attached hydrogens (tertiary/aromatic N) is 2. The van der Waals surface area contributed by atoms with Crippen molar-refractivity contribution in [3.8, 4) is 0 Å². The number of hydrogen-bond acceptors (Lipinski definition) is 5. The molecule has 1 aromatic rings. The summed E-state index contributed by atoms with van der Waals surface area (Å²) >= 11 is 0. The lowest BCUT2D eigenvalue weighted by Crippen LogP contribution is -2.41. The van der Waals surface area contributed by atoms with Gasteiger partial charge in [-0.25, -0.2) is 4.79 Å². The molecule has 1 aromatic carbocycles. The van der Waals surface area contributed by atoms with E-state index in [-0.39, 0.29) is 12.0 Å². The maximum Gasteiger partial charge on any atom is 0.410 e. The van der Waals surface area contributed by atoms with E-state index in [1.165, 1.54) is 0 Å². The van der Waals surface area contributed by atoms with Crippen LogP contribution in [0.5, 0.6) is 0 Å². The highest BCUT2D eigenvalue weighted by Crippen LogP contribution is 2.22. The average Bonchev–Trinajstić information content (AvgIpc) is 2.58. The van der Waals surface area contributed by atoms with Crippen LogP contribution in [0.25, 0.3) is 0 Å². The molecule has 0 bridgehead atoms. The summed E-state index contributed by atoms with van der Waals surface area (Å²) in [5.41, 5.74) is 0.295. The molecule has 0 atom stereocenters. The Kier molecular flexibility index (Phi) is 6.67. The van der Waals surface area contributed by atoms with Gasteiger partial charge in [-0.1, -0.05) is 18.2 Å². The third-order valence-corrected chi connectivity index (χ3v) is 4.14. The molecule has 1 aliphatic heterocycles. The van der Waals surface area contributed by atoms with Crippen molar-refractivity contribution in [2.24, 2.45) is 11.1 Å². The quantitative estimate of drug-likeness (QED) is 0.388. The summed E-state index contributed by atoms with van der Waals surface area (Å²) in [7, 11) is 0. The first-order valence-corrected chi connectivity index (χ1v) is 8.77. The van der Waals surface area contributed by atoms with E-state index < -0.39 is 5.60 Å². The zero-order chi connectivity index (χ0) is 18.3. The Morgan fingerprint density at radius 3 is 2.44 bits per heavy atom. The van der Waals surface area contributed by atoms with Crippen LogP contribution in [0.15, 0.2) is 35.5 Å². The van der Waals surface area contributed by atoms with Crippen LogP contribution in [0.3, 0.4) is 0 Å². The number of likely N-dealkylation sites (tertiary alicyclic amines) is 1. The van der Waals surface area contributed by atoms with Gasteiger partial charge in [-0.2, -0.15) is 0 Å². The van der Waals surface area contributed by atoms with Crippen molar-refractivity contribution in [2.75, 3.05) is 19.7 Å². The van der Waals surface area contributed by atoms with Crippen LogP contribution in [0.4, 0.5) is 4.79 Å². The Morgan fingerprint density at radius 2 is 1.88 bits per heavy atom. The predicted octanol–water partition coefficient (Wildman–Crippen LogP) is 3.88. The summed E-state index contributed by atoms with van der Waals surface area (Å²) in [6.07, 6.45) is 2.49. The Bertz CT molecular complexity index is 573. The minimum absolute atomic E-state index is 0.235. The first kappa shape index (κ1) is 19.1. The molecule has 2 rings (SSSR count). The number of carbonyl (C=O) groups excluding carboxylic acids is 1. The fourth-order valence-corrected chi connectivity index (χ4v) is 2.80. The summed E-state index contributed by atoms with van der Waals surface area (Å²) in [6, 6.07) is 9.33. The van der Waals surface area contributed by atoms with Crippen molar-refractivity contribution in [3.05, 3.63) is 35.9 Å². The van der Waals surface area contributed by atoms with E-state index in [2.05, 4.69) is 5.16 Å². The number of rotatable bonds is 4. The number of amides is 1. The largest absolute Gasteiger partial charge is 0.475 e. The Morgan fingerprint density at radius 1 is 1.24 bits per heavy atom. The molecule has 0 radical (unpaired) electrons. The molecule has 0 saturated carbocycles. The molecule has 0 aliphatic carbocycles. The normalized spacial score (nSPS) is 16.6. The number of piperidine rings is 1. The third kappa shape index (κ3) is 6.29. The van der Waals surface area contributed by atoms with E-state index in [9.17, 15) is 4.79 Å². The van der Waals surface area contributed by atoms with E-state index in [1.54, 1.807) is 4.90 Å². The summed E-state index contributed by atoms with van der Waals surface area (Å²) in [4.78, 5) is 13.8. The topological polar surface area (TPSA) is 71.4 Å². The fourth-order valence-electron chi connectivity index (χ4n) is 2.80. The van der Waals surface area contributed by atoms with E-state index in [4.69, 9.17) is 14.7 Å². The second-order valence-corrected chi connectivity index (χ2v) is 7.32. The number of oxime groups is 1. The molecule has 6 heteroatoms. The summed E-state index contributed by atoms with van der Waals surface area (Å²) in [6.45, 7) is 7.54. The molecule has 25 heavy (non-hydrogen) atoms. The smallest absolute Gasteiger partial charge is 0.410 e. The van der Waals surface area contributed by atoms with Crippen molar-refractivity contribution in [3.63, 3.8) is 0 Å². The molecule has 1 fully saturated rings. The van der Waals surface area contributed by atoms with Crippen LogP contribution in [0.2, 0.25) is 0 Å². The van der Waals surface area contributed by atoms with Gasteiger partial charge >= 0.3 is 6.09 Å². The van der Waals surface area contributed by atoms with Gasteiger partial charge in [0.1, 0.15) is 5.60 Å². The lowest BCUT2D eigenvalue weighted by Gasteiger charge is -2.33. The number of ether oxygens (including phenoxy) is 2. The van der Waals surface area contributed by atoms with Crippen LogP contribution in [0.1, 0.15) is 45.6 Å². The standard InChI is InChI=1S/C19H28N2O4/c1-19(2,3)25-18(22)21-12-9-15(10-13-21)11-14-24-17(20-23)16-7-5-4-6-8-16/h4-8,15,23H,9-14H2,1-3H3. The molecule has 1 saturated heterocycles. The molecular formula is C19H28N2O4. The highest BCUT2D eigenvalue weighted by atomic mass is 16.6. The highest BCUT2D eigenvalue weighted by Gasteiger charge is 2.26. The molecule has 6 nitrogen and oxygen atoms in total. The van der Waals surface area contributed by atoms with E-state index >= 15 is 0 Å². The lowest BCUT2D eigenvalue weighted by atomic mass is 9.94. The molecule has 0 aromatic heterocycles. The van der Waals surface area contributed by atoms with Gasteiger partial charge in [-0.15, -0.1) is 0 Å². The van der Waals surface area contributed by atoms with Gasteiger partial charge in [0.15, 0.2) is 0 Å². The molecular weight excluding hydrogens is 320 g/mol.